The quantitative estimate of drug-likeness (QED) is 0.454. The SMILES string of the molecule is Cc1cc(Br)ccc1N1C(=O)/C(=C/c2sccc2C)C(=O)NC1=S. The molecule has 1 N–H and O–H groups in total. The van der Waals surface area contributed by atoms with Crippen molar-refractivity contribution in [3.05, 3.63) is 55.7 Å². The summed E-state index contributed by atoms with van der Waals surface area (Å²) in [4.78, 5) is 27.4. The second-order valence-electron chi connectivity index (χ2n) is 5.36. The van der Waals surface area contributed by atoms with E-state index in [9.17, 15) is 9.59 Å². The molecule has 0 bridgehead atoms. The highest BCUT2D eigenvalue weighted by Gasteiger charge is 2.35. The van der Waals surface area contributed by atoms with Crippen LogP contribution in [0, 0.1) is 13.8 Å². The average Bonchev–Trinajstić information content (AvgIpc) is 2.90. The van der Waals surface area contributed by atoms with Gasteiger partial charge in [-0.2, -0.15) is 0 Å². The van der Waals surface area contributed by atoms with Gasteiger partial charge in [0.2, 0.25) is 0 Å². The molecule has 0 unspecified atom stereocenters. The number of carbonyl (C=O) groups excluding carboxylic acids is 2. The molecule has 4 nitrogen and oxygen atoms in total. The number of aryl methyl sites for hydroxylation is 2. The molecule has 2 heterocycles. The summed E-state index contributed by atoms with van der Waals surface area (Å²) in [6.07, 6.45) is 1.63. The smallest absolute Gasteiger partial charge is 0.270 e. The third-order valence-electron chi connectivity index (χ3n) is 3.68. The Labute approximate surface area is 157 Å². The number of thiophene rings is 1. The minimum atomic E-state index is -0.469. The van der Waals surface area contributed by atoms with Crippen LogP contribution >= 0.6 is 39.5 Å². The van der Waals surface area contributed by atoms with Gasteiger partial charge in [-0.3, -0.25) is 19.8 Å². The van der Waals surface area contributed by atoms with Gasteiger partial charge in [-0.15, -0.1) is 11.3 Å². The number of benzene rings is 1. The van der Waals surface area contributed by atoms with Crippen molar-refractivity contribution in [2.45, 2.75) is 13.8 Å². The van der Waals surface area contributed by atoms with Crippen LogP contribution in [-0.4, -0.2) is 16.9 Å². The number of nitrogens with zero attached hydrogens (tertiary/aromatic N) is 1. The summed E-state index contributed by atoms with van der Waals surface area (Å²) in [5, 5.41) is 4.62. The normalized spacial score (nSPS) is 16.7. The van der Waals surface area contributed by atoms with Gasteiger partial charge in [0.25, 0.3) is 11.8 Å². The molecule has 1 aliphatic heterocycles. The third-order valence-corrected chi connectivity index (χ3v) is 5.42. The molecule has 1 fully saturated rings. The van der Waals surface area contributed by atoms with Gasteiger partial charge in [0.15, 0.2) is 5.11 Å². The van der Waals surface area contributed by atoms with Gasteiger partial charge in [0.05, 0.1) is 5.69 Å². The first-order valence-electron chi connectivity index (χ1n) is 7.10. The molecule has 2 amide bonds. The Morgan fingerprint density at radius 2 is 1.96 bits per heavy atom. The number of nitrogens with one attached hydrogen (secondary N) is 1. The molecule has 1 saturated heterocycles. The first kappa shape index (κ1) is 17.0. The van der Waals surface area contributed by atoms with Gasteiger partial charge in [-0.25, -0.2) is 0 Å². The molecule has 3 rings (SSSR count). The third kappa shape index (κ3) is 3.07. The van der Waals surface area contributed by atoms with Gasteiger partial charge in [0, 0.05) is 9.35 Å². The van der Waals surface area contributed by atoms with Crippen molar-refractivity contribution in [1.29, 1.82) is 0 Å². The van der Waals surface area contributed by atoms with Crippen LogP contribution in [0.15, 0.2) is 39.7 Å². The van der Waals surface area contributed by atoms with Crippen LogP contribution in [0.2, 0.25) is 0 Å². The predicted octanol–water partition coefficient (Wildman–Crippen LogP) is 3.96. The molecule has 24 heavy (non-hydrogen) atoms. The van der Waals surface area contributed by atoms with Crippen molar-refractivity contribution in [2.75, 3.05) is 4.90 Å². The molecular weight excluding hydrogens is 408 g/mol. The summed E-state index contributed by atoms with van der Waals surface area (Å²) in [6.45, 7) is 3.83. The molecular formula is C17H13BrN2O2S2. The molecule has 122 valence electrons. The Kier molecular flexibility index (Phi) is 4.67. The number of carbonyl (C=O) groups is 2. The Hall–Kier alpha value is -1.83. The molecule has 1 aromatic carbocycles. The molecule has 2 aromatic rings. The number of hydrogen-bond donors (Lipinski definition) is 1. The number of rotatable bonds is 2. The molecule has 1 aromatic heterocycles. The van der Waals surface area contributed by atoms with Crippen LogP contribution in [0.4, 0.5) is 5.69 Å². The molecule has 0 saturated carbocycles. The van der Waals surface area contributed by atoms with Gasteiger partial charge < -0.3 is 0 Å². The average molecular weight is 421 g/mol. The van der Waals surface area contributed by atoms with Crippen LogP contribution in [0.1, 0.15) is 16.0 Å². The van der Waals surface area contributed by atoms with Crippen molar-refractivity contribution >= 4 is 68.2 Å². The zero-order chi connectivity index (χ0) is 17.4. The maximum atomic E-state index is 12.9. The summed E-state index contributed by atoms with van der Waals surface area (Å²) in [7, 11) is 0. The van der Waals surface area contributed by atoms with E-state index in [2.05, 4.69) is 21.2 Å². The Morgan fingerprint density at radius 1 is 1.21 bits per heavy atom. The van der Waals surface area contributed by atoms with E-state index in [0.29, 0.717) is 5.69 Å². The molecule has 0 atom stereocenters. The maximum Gasteiger partial charge on any atom is 0.270 e. The summed E-state index contributed by atoms with van der Waals surface area (Å²) in [5.74, 6) is -0.884. The zero-order valence-corrected chi connectivity index (χ0v) is 16.1. The van der Waals surface area contributed by atoms with E-state index in [1.807, 2.05) is 37.4 Å². The molecule has 0 aliphatic carbocycles. The second kappa shape index (κ2) is 6.58. The fourth-order valence-corrected chi connectivity index (χ4v) is 4.02. The fourth-order valence-electron chi connectivity index (χ4n) is 2.41. The molecule has 0 radical (unpaired) electrons. The summed E-state index contributed by atoms with van der Waals surface area (Å²) in [5.41, 5.74) is 2.63. The predicted molar refractivity (Wildman–Crippen MR) is 104 cm³/mol. The van der Waals surface area contributed by atoms with E-state index in [-0.39, 0.29) is 10.7 Å². The molecule has 0 spiro atoms. The van der Waals surface area contributed by atoms with Gasteiger partial charge in [0.1, 0.15) is 5.57 Å². The van der Waals surface area contributed by atoms with Crippen molar-refractivity contribution < 1.29 is 9.59 Å². The lowest BCUT2D eigenvalue weighted by Crippen LogP contribution is -2.54. The fraction of sp³-hybridized carbons (Fsp3) is 0.118. The monoisotopic (exact) mass is 420 g/mol. The van der Waals surface area contributed by atoms with Crippen molar-refractivity contribution in [3.8, 4) is 0 Å². The maximum absolute atomic E-state index is 12.9. The molecule has 7 heteroatoms. The van der Waals surface area contributed by atoms with Crippen LogP contribution < -0.4 is 10.2 Å². The van der Waals surface area contributed by atoms with Crippen LogP contribution in [0.25, 0.3) is 6.08 Å². The van der Waals surface area contributed by atoms with Crippen LogP contribution in [0.3, 0.4) is 0 Å². The minimum Gasteiger partial charge on any atom is -0.298 e. The lowest BCUT2D eigenvalue weighted by Gasteiger charge is -2.30. The van der Waals surface area contributed by atoms with Crippen molar-refractivity contribution in [2.24, 2.45) is 0 Å². The summed E-state index contributed by atoms with van der Waals surface area (Å²) in [6, 6.07) is 7.48. The Bertz CT molecular complexity index is 902. The minimum absolute atomic E-state index is 0.0801. The van der Waals surface area contributed by atoms with Gasteiger partial charge in [-0.1, -0.05) is 15.9 Å². The van der Waals surface area contributed by atoms with E-state index in [0.717, 1.165) is 20.5 Å². The molecule has 1 aliphatic rings. The first-order valence-corrected chi connectivity index (χ1v) is 9.18. The van der Waals surface area contributed by atoms with Crippen molar-refractivity contribution in [3.63, 3.8) is 0 Å². The lowest BCUT2D eigenvalue weighted by atomic mass is 10.1. The largest absolute Gasteiger partial charge is 0.298 e. The standard InChI is InChI=1S/C17H13BrN2O2S2/c1-9-5-6-24-14(9)8-12-15(21)19-17(23)20(16(12)22)13-4-3-11(18)7-10(13)2/h3-8H,1-2H3,(H,19,21,23)/b12-8+. The Morgan fingerprint density at radius 3 is 2.58 bits per heavy atom. The van der Waals surface area contributed by atoms with Crippen molar-refractivity contribution in [1.82, 2.24) is 5.32 Å². The number of thiocarbonyl (C=S) groups is 1. The number of hydrogen-bond acceptors (Lipinski definition) is 4. The van der Waals surface area contributed by atoms with Crippen LogP contribution in [-0.2, 0) is 9.59 Å². The van der Waals surface area contributed by atoms with Crippen LogP contribution in [0.5, 0.6) is 0 Å². The zero-order valence-electron chi connectivity index (χ0n) is 12.9. The van der Waals surface area contributed by atoms with E-state index in [1.54, 1.807) is 12.1 Å². The lowest BCUT2D eigenvalue weighted by molar-refractivity contribution is -0.122. The highest BCUT2D eigenvalue weighted by atomic mass is 79.9. The Balaban J connectivity index is 2.06. The summed E-state index contributed by atoms with van der Waals surface area (Å²) < 4.78 is 0.910. The van der Waals surface area contributed by atoms with E-state index in [1.165, 1.54) is 16.2 Å². The second-order valence-corrected chi connectivity index (χ2v) is 7.61. The summed E-state index contributed by atoms with van der Waals surface area (Å²) >= 11 is 10.1. The van der Waals surface area contributed by atoms with Gasteiger partial charge >= 0.3 is 0 Å². The topological polar surface area (TPSA) is 49.4 Å². The highest BCUT2D eigenvalue weighted by Crippen LogP contribution is 2.28. The van der Waals surface area contributed by atoms with Gasteiger partial charge in [-0.05, 0) is 72.9 Å². The first-order chi connectivity index (χ1) is 11.4. The van der Waals surface area contributed by atoms with E-state index < -0.39 is 11.8 Å². The number of amides is 2. The number of anilines is 1. The van der Waals surface area contributed by atoms with E-state index >= 15 is 0 Å². The number of halogens is 1. The highest BCUT2D eigenvalue weighted by molar-refractivity contribution is 9.10. The van der Waals surface area contributed by atoms with E-state index in [4.69, 9.17) is 12.2 Å².